The quantitative estimate of drug-likeness (QED) is 0.653. The van der Waals surface area contributed by atoms with E-state index in [-0.39, 0.29) is 5.78 Å². The average Bonchev–Trinajstić information content (AvgIpc) is 3.47. The van der Waals surface area contributed by atoms with E-state index < -0.39 is 0 Å². The first-order valence-corrected chi connectivity index (χ1v) is 10.8. The van der Waals surface area contributed by atoms with E-state index in [1.807, 2.05) is 24.3 Å². The number of carbonyl (C=O) groups is 1. The number of rotatable bonds is 4. The van der Waals surface area contributed by atoms with Crippen molar-refractivity contribution in [1.82, 2.24) is 0 Å². The molecule has 1 aliphatic carbocycles. The highest BCUT2D eigenvalue weighted by Gasteiger charge is 2.22. The lowest BCUT2D eigenvalue weighted by Gasteiger charge is -2.13. The summed E-state index contributed by atoms with van der Waals surface area (Å²) < 4.78 is 0. The lowest BCUT2D eigenvalue weighted by molar-refractivity contribution is -0.111. The predicted octanol–water partition coefficient (Wildman–Crippen LogP) is 5.35. The van der Waals surface area contributed by atoms with Crippen LogP contribution in [-0.2, 0) is 17.6 Å². The van der Waals surface area contributed by atoms with Gasteiger partial charge in [-0.1, -0.05) is 48.6 Å². The number of nitrogens with zero attached hydrogens (tertiary/aromatic N) is 2. The molecule has 2 aromatic carbocycles. The van der Waals surface area contributed by atoms with Gasteiger partial charge in [0.1, 0.15) is 0 Å². The van der Waals surface area contributed by atoms with Crippen molar-refractivity contribution in [3.05, 3.63) is 108 Å². The first-order chi connectivity index (χ1) is 14.8. The van der Waals surface area contributed by atoms with E-state index in [1.165, 1.54) is 22.5 Å². The maximum absolute atomic E-state index is 12.7. The molecule has 2 heterocycles. The molecule has 0 saturated heterocycles. The second-order valence-electron chi connectivity index (χ2n) is 8.04. The Balaban J connectivity index is 1.22. The highest BCUT2D eigenvalue weighted by atomic mass is 16.1. The average molecular weight is 395 g/mol. The molecule has 1 saturated carbocycles. The Kier molecular flexibility index (Phi) is 5.10. The lowest BCUT2D eigenvalue weighted by Crippen LogP contribution is -2.11. The number of fused-ring (bicyclic) bond motifs is 2. The minimum atomic E-state index is 0.188. The fraction of sp³-hybridized carbons (Fsp3) is 0.222. The molecule has 3 aliphatic rings. The van der Waals surface area contributed by atoms with Crippen LogP contribution in [0.4, 0.5) is 11.4 Å². The topological polar surface area (TPSA) is 23.6 Å². The van der Waals surface area contributed by atoms with E-state index in [9.17, 15) is 4.79 Å². The third kappa shape index (κ3) is 3.63. The van der Waals surface area contributed by atoms with Gasteiger partial charge in [0, 0.05) is 48.0 Å². The summed E-state index contributed by atoms with van der Waals surface area (Å²) in [6.45, 7) is 2.01. The van der Waals surface area contributed by atoms with Gasteiger partial charge in [0.25, 0.3) is 0 Å². The fourth-order valence-electron chi connectivity index (χ4n) is 4.58. The number of allylic oxidation sites excluding steroid dienone is 6. The summed E-state index contributed by atoms with van der Waals surface area (Å²) in [5.41, 5.74) is 7.15. The SMILES string of the molecule is O=C1/C(=C\C=C\N2CCc3ccccc32)CC/C1=C\C=C\N1CCc2ccccc21. The first kappa shape index (κ1) is 18.7. The summed E-state index contributed by atoms with van der Waals surface area (Å²) in [5.74, 6) is 0.188. The molecule has 30 heavy (non-hydrogen) atoms. The second kappa shape index (κ2) is 8.19. The Morgan fingerprint density at radius 3 is 1.60 bits per heavy atom. The Bertz CT molecular complexity index is 1000. The van der Waals surface area contributed by atoms with Gasteiger partial charge in [-0.2, -0.15) is 0 Å². The minimum Gasteiger partial charge on any atom is -0.347 e. The molecule has 0 amide bonds. The summed E-state index contributed by atoms with van der Waals surface area (Å²) in [7, 11) is 0. The number of hydrogen-bond acceptors (Lipinski definition) is 3. The summed E-state index contributed by atoms with van der Waals surface area (Å²) in [6.07, 6.45) is 16.0. The molecule has 3 heteroatoms. The zero-order chi connectivity index (χ0) is 20.3. The Labute approximate surface area is 178 Å². The number of Topliss-reactive ketones (excluding diaryl/α,β-unsaturated/α-hetero) is 1. The molecule has 0 atom stereocenters. The number of para-hydroxylation sites is 2. The van der Waals surface area contributed by atoms with Crippen LogP contribution in [0.5, 0.6) is 0 Å². The van der Waals surface area contributed by atoms with Crippen LogP contribution in [0.25, 0.3) is 0 Å². The van der Waals surface area contributed by atoms with E-state index in [1.54, 1.807) is 0 Å². The highest BCUT2D eigenvalue weighted by molar-refractivity contribution is 6.11. The van der Waals surface area contributed by atoms with Gasteiger partial charge in [0.05, 0.1) is 0 Å². The fourth-order valence-corrected chi connectivity index (χ4v) is 4.58. The summed E-state index contributed by atoms with van der Waals surface area (Å²) in [6, 6.07) is 17.0. The van der Waals surface area contributed by atoms with Gasteiger partial charge in [-0.25, -0.2) is 0 Å². The van der Waals surface area contributed by atoms with Gasteiger partial charge in [-0.05, 0) is 61.1 Å². The van der Waals surface area contributed by atoms with Crippen molar-refractivity contribution in [2.75, 3.05) is 22.9 Å². The number of carbonyl (C=O) groups excluding carboxylic acids is 1. The van der Waals surface area contributed by atoms with Crippen LogP contribution >= 0.6 is 0 Å². The Morgan fingerprint density at radius 2 is 1.10 bits per heavy atom. The molecule has 0 bridgehead atoms. The molecule has 150 valence electrons. The second-order valence-corrected chi connectivity index (χ2v) is 8.04. The molecule has 0 aromatic heterocycles. The lowest BCUT2D eigenvalue weighted by atomic mass is 10.1. The number of hydrogen-bond donors (Lipinski definition) is 0. The van der Waals surface area contributed by atoms with Gasteiger partial charge in [0.15, 0.2) is 5.78 Å². The largest absolute Gasteiger partial charge is 0.347 e. The van der Waals surface area contributed by atoms with Crippen LogP contribution in [0, 0.1) is 0 Å². The van der Waals surface area contributed by atoms with Crippen LogP contribution in [0.3, 0.4) is 0 Å². The van der Waals surface area contributed by atoms with Crippen molar-refractivity contribution in [2.24, 2.45) is 0 Å². The highest BCUT2D eigenvalue weighted by Crippen LogP contribution is 2.30. The van der Waals surface area contributed by atoms with Crippen molar-refractivity contribution in [2.45, 2.75) is 25.7 Å². The van der Waals surface area contributed by atoms with Gasteiger partial charge >= 0.3 is 0 Å². The molecule has 2 aromatic rings. The summed E-state index contributed by atoms with van der Waals surface area (Å²) in [5, 5.41) is 0. The number of ketones is 1. The first-order valence-electron chi connectivity index (χ1n) is 10.8. The van der Waals surface area contributed by atoms with Crippen molar-refractivity contribution in [3.8, 4) is 0 Å². The summed E-state index contributed by atoms with van der Waals surface area (Å²) in [4.78, 5) is 17.3. The molecular formula is C27H26N2O. The van der Waals surface area contributed by atoms with Gasteiger partial charge in [0.2, 0.25) is 0 Å². The van der Waals surface area contributed by atoms with Crippen molar-refractivity contribution >= 4 is 17.2 Å². The molecule has 3 nitrogen and oxygen atoms in total. The molecule has 1 fully saturated rings. The molecule has 0 radical (unpaired) electrons. The summed E-state index contributed by atoms with van der Waals surface area (Å²) >= 11 is 0. The third-order valence-electron chi connectivity index (χ3n) is 6.22. The predicted molar refractivity (Wildman–Crippen MR) is 124 cm³/mol. The normalized spacial score (nSPS) is 21.0. The van der Waals surface area contributed by atoms with Crippen molar-refractivity contribution in [3.63, 3.8) is 0 Å². The van der Waals surface area contributed by atoms with Crippen molar-refractivity contribution in [1.29, 1.82) is 0 Å². The zero-order valence-corrected chi connectivity index (χ0v) is 17.1. The maximum Gasteiger partial charge on any atom is 0.185 e. The maximum atomic E-state index is 12.7. The Morgan fingerprint density at radius 1 is 0.633 bits per heavy atom. The molecule has 2 aliphatic heterocycles. The minimum absolute atomic E-state index is 0.188. The molecule has 0 unspecified atom stereocenters. The smallest absolute Gasteiger partial charge is 0.185 e. The van der Waals surface area contributed by atoms with Gasteiger partial charge < -0.3 is 9.80 Å². The van der Waals surface area contributed by atoms with Crippen LogP contribution in [0.2, 0.25) is 0 Å². The third-order valence-corrected chi connectivity index (χ3v) is 6.22. The molecule has 5 rings (SSSR count). The number of benzene rings is 2. The van der Waals surface area contributed by atoms with E-state index in [2.05, 4.69) is 70.7 Å². The van der Waals surface area contributed by atoms with Crippen LogP contribution in [0.15, 0.2) is 96.4 Å². The monoisotopic (exact) mass is 394 g/mol. The molecule has 0 N–H and O–H groups in total. The van der Waals surface area contributed by atoms with Crippen LogP contribution in [-0.4, -0.2) is 18.9 Å². The van der Waals surface area contributed by atoms with E-state index in [0.29, 0.717) is 0 Å². The van der Waals surface area contributed by atoms with Gasteiger partial charge in [-0.15, -0.1) is 0 Å². The number of anilines is 2. The van der Waals surface area contributed by atoms with Crippen molar-refractivity contribution < 1.29 is 4.79 Å². The van der Waals surface area contributed by atoms with E-state index >= 15 is 0 Å². The van der Waals surface area contributed by atoms with E-state index in [0.717, 1.165) is 49.9 Å². The standard InChI is InChI=1S/C27H26N2O/c30-27-23(9-5-17-28-19-15-21-7-1-3-11-25(21)28)13-14-24(27)10-6-18-29-20-16-22-8-2-4-12-26(22)29/h1-12,17-18H,13-16,19-20H2/b17-5+,18-6+,23-9-,24-10+. The van der Waals surface area contributed by atoms with Gasteiger partial charge in [-0.3, -0.25) is 4.79 Å². The van der Waals surface area contributed by atoms with E-state index in [4.69, 9.17) is 0 Å². The molecule has 0 spiro atoms. The van der Waals surface area contributed by atoms with Crippen LogP contribution in [0.1, 0.15) is 24.0 Å². The van der Waals surface area contributed by atoms with Crippen LogP contribution < -0.4 is 9.80 Å². The molecular weight excluding hydrogens is 368 g/mol. The zero-order valence-electron chi connectivity index (χ0n) is 17.1. The Hall–Kier alpha value is -3.33.